The molecule has 8 heteroatoms. The number of carbonyl (C=O) groups is 1. The maximum atomic E-state index is 12.8. The molecule has 4 heterocycles. The van der Waals surface area contributed by atoms with Crippen molar-refractivity contribution in [1.82, 2.24) is 34.4 Å². The molecule has 1 aliphatic rings. The second-order valence-corrected chi connectivity index (χ2v) is 6.85. The molecule has 4 rings (SSSR count). The zero-order chi connectivity index (χ0) is 18.8. The molecule has 1 aliphatic heterocycles. The Morgan fingerprint density at radius 1 is 1.11 bits per heavy atom. The van der Waals surface area contributed by atoms with Gasteiger partial charge in [0.15, 0.2) is 0 Å². The number of hydrogen-bond donors (Lipinski definition) is 0. The van der Waals surface area contributed by atoms with Crippen LogP contribution in [0.5, 0.6) is 0 Å². The number of likely N-dealkylation sites (tertiary alicyclic amines) is 1. The van der Waals surface area contributed by atoms with Gasteiger partial charge in [0, 0.05) is 38.4 Å². The smallest absolute Gasteiger partial charge is 0.274 e. The van der Waals surface area contributed by atoms with Crippen molar-refractivity contribution < 1.29 is 4.79 Å². The summed E-state index contributed by atoms with van der Waals surface area (Å²) in [6.45, 7) is 3.18. The van der Waals surface area contributed by atoms with E-state index in [9.17, 15) is 4.79 Å². The molecule has 138 valence electrons. The van der Waals surface area contributed by atoms with E-state index in [0.29, 0.717) is 12.2 Å². The minimum absolute atomic E-state index is 0.0806. The number of imidazole rings is 1. The Bertz CT molecular complexity index is 951. The molecule has 0 saturated carbocycles. The second kappa shape index (κ2) is 7.22. The lowest BCUT2D eigenvalue weighted by Gasteiger charge is -2.32. The fourth-order valence-electron chi connectivity index (χ4n) is 3.37. The number of hydrogen-bond acceptors (Lipinski definition) is 6. The summed E-state index contributed by atoms with van der Waals surface area (Å²) in [5, 5.41) is 0. The van der Waals surface area contributed by atoms with Gasteiger partial charge < -0.3 is 9.47 Å². The Balaban J connectivity index is 1.54. The van der Waals surface area contributed by atoms with Gasteiger partial charge in [-0.2, -0.15) is 0 Å². The van der Waals surface area contributed by atoms with E-state index in [1.54, 1.807) is 37.3 Å². The van der Waals surface area contributed by atoms with Crippen LogP contribution in [0.15, 0.2) is 37.3 Å². The summed E-state index contributed by atoms with van der Waals surface area (Å²) in [6.07, 6.45) is 12.1. The van der Waals surface area contributed by atoms with Crippen LogP contribution in [0.1, 0.15) is 40.6 Å². The highest BCUT2D eigenvalue weighted by atomic mass is 16.2. The summed E-state index contributed by atoms with van der Waals surface area (Å²) in [7, 11) is 1.93. The van der Waals surface area contributed by atoms with Crippen molar-refractivity contribution in [1.29, 1.82) is 0 Å². The third-order valence-corrected chi connectivity index (χ3v) is 4.86. The number of aryl methyl sites for hydroxylation is 2. The third kappa shape index (κ3) is 3.55. The van der Waals surface area contributed by atoms with Gasteiger partial charge in [-0.05, 0) is 19.8 Å². The van der Waals surface area contributed by atoms with Crippen molar-refractivity contribution in [2.24, 2.45) is 7.05 Å². The lowest BCUT2D eigenvalue weighted by Crippen LogP contribution is -2.39. The van der Waals surface area contributed by atoms with Crippen molar-refractivity contribution in [3.8, 4) is 11.4 Å². The van der Waals surface area contributed by atoms with E-state index >= 15 is 0 Å². The maximum absolute atomic E-state index is 12.8. The monoisotopic (exact) mass is 363 g/mol. The van der Waals surface area contributed by atoms with Crippen LogP contribution in [0.4, 0.5) is 0 Å². The van der Waals surface area contributed by atoms with E-state index in [1.807, 2.05) is 23.4 Å². The number of piperidine rings is 1. The molecule has 0 radical (unpaired) electrons. The van der Waals surface area contributed by atoms with Gasteiger partial charge in [-0.15, -0.1) is 0 Å². The molecule has 0 aromatic carbocycles. The van der Waals surface area contributed by atoms with Gasteiger partial charge in [0.25, 0.3) is 5.91 Å². The van der Waals surface area contributed by atoms with E-state index in [2.05, 4.69) is 19.9 Å². The summed E-state index contributed by atoms with van der Waals surface area (Å²) in [4.78, 5) is 36.3. The van der Waals surface area contributed by atoms with Gasteiger partial charge in [0.1, 0.15) is 11.4 Å². The first-order chi connectivity index (χ1) is 13.1. The maximum Gasteiger partial charge on any atom is 0.274 e. The van der Waals surface area contributed by atoms with Crippen molar-refractivity contribution in [3.63, 3.8) is 0 Å². The zero-order valence-electron chi connectivity index (χ0n) is 15.4. The van der Waals surface area contributed by atoms with Gasteiger partial charge in [-0.1, -0.05) is 0 Å². The molecule has 27 heavy (non-hydrogen) atoms. The number of carbonyl (C=O) groups excluding carboxylic acids is 1. The Labute approximate surface area is 157 Å². The molecular weight excluding hydrogens is 342 g/mol. The van der Waals surface area contributed by atoms with Crippen LogP contribution in [-0.4, -0.2) is 53.4 Å². The van der Waals surface area contributed by atoms with E-state index < -0.39 is 0 Å². The molecule has 1 atom stereocenters. The fourth-order valence-corrected chi connectivity index (χ4v) is 3.37. The molecule has 0 aliphatic carbocycles. The molecule has 0 spiro atoms. The van der Waals surface area contributed by atoms with Crippen LogP contribution in [0.2, 0.25) is 0 Å². The first-order valence-corrected chi connectivity index (χ1v) is 8.98. The predicted octanol–water partition coefficient (Wildman–Crippen LogP) is 2.00. The van der Waals surface area contributed by atoms with Gasteiger partial charge in [0.05, 0.1) is 42.0 Å². The summed E-state index contributed by atoms with van der Waals surface area (Å²) in [5.41, 5.74) is 3.80. The normalized spacial score (nSPS) is 17.1. The van der Waals surface area contributed by atoms with Gasteiger partial charge >= 0.3 is 0 Å². The Morgan fingerprint density at radius 2 is 2.00 bits per heavy atom. The van der Waals surface area contributed by atoms with Crippen molar-refractivity contribution in [3.05, 3.63) is 54.4 Å². The average molecular weight is 363 g/mol. The van der Waals surface area contributed by atoms with Crippen LogP contribution in [0.3, 0.4) is 0 Å². The molecule has 0 N–H and O–H groups in total. The predicted molar refractivity (Wildman–Crippen MR) is 98.9 cm³/mol. The third-order valence-electron chi connectivity index (χ3n) is 4.86. The highest BCUT2D eigenvalue weighted by molar-refractivity contribution is 5.92. The first kappa shape index (κ1) is 17.3. The van der Waals surface area contributed by atoms with Gasteiger partial charge in [-0.25, -0.2) is 15.0 Å². The summed E-state index contributed by atoms with van der Waals surface area (Å²) in [5.74, 6) is 0.0738. The fraction of sp³-hybridized carbons (Fsp3) is 0.368. The molecule has 3 aromatic rings. The van der Waals surface area contributed by atoms with Crippen LogP contribution in [-0.2, 0) is 7.05 Å². The Kier molecular flexibility index (Phi) is 4.62. The lowest BCUT2D eigenvalue weighted by molar-refractivity contribution is 0.0699. The van der Waals surface area contributed by atoms with Crippen LogP contribution >= 0.6 is 0 Å². The summed E-state index contributed by atoms with van der Waals surface area (Å²) < 4.78 is 1.92. The molecule has 1 amide bonds. The summed E-state index contributed by atoms with van der Waals surface area (Å²) in [6, 6.07) is 0. The summed E-state index contributed by atoms with van der Waals surface area (Å²) >= 11 is 0. The zero-order valence-corrected chi connectivity index (χ0v) is 15.4. The first-order valence-electron chi connectivity index (χ1n) is 8.98. The minimum Gasteiger partial charge on any atom is -0.337 e. The van der Waals surface area contributed by atoms with Crippen LogP contribution < -0.4 is 0 Å². The molecule has 0 unspecified atom stereocenters. The van der Waals surface area contributed by atoms with E-state index in [1.165, 1.54) is 0 Å². The molecule has 1 saturated heterocycles. The highest BCUT2D eigenvalue weighted by Gasteiger charge is 2.27. The van der Waals surface area contributed by atoms with Crippen LogP contribution in [0, 0.1) is 6.92 Å². The second-order valence-electron chi connectivity index (χ2n) is 6.85. The van der Waals surface area contributed by atoms with E-state index in [-0.39, 0.29) is 11.8 Å². The number of amides is 1. The molecule has 0 bridgehead atoms. The lowest BCUT2D eigenvalue weighted by atomic mass is 9.94. The van der Waals surface area contributed by atoms with Crippen molar-refractivity contribution in [2.75, 3.05) is 13.1 Å². The molecule has 8 nitrogen and oxygen atoms in total. The standard InChI is InChI=1S/C19H21N7O/c1-13-6-23-17(9-22-13)19(27)26-5-3-4-14(11-26)15-7-20-8-16(24-15)18-10-21-12-25(18)2/h6-10,12,14H,3-5,11H2,1-2H3/t14-/m1/s1. The average Bonchev–Trinajstić information content (AvgIpc) is 3.14. The topological polar surface area (TPSA) is 89.7 Å². The Hall–Kier alpha value is -3.16. The highest BCUT2D eigenvalue weighted by Crippen LogP contribution is 2.27. The van der Waals surface area contributed by atoms with Gasteiger partial charge in [0.2, 0.25) is 0 Å². The minimum atomic E-state index is -0.0806. The quantitative estimate of drug-likeness (QED) is 0.707. The number of aromatic nitrogens is 6. The van der Waals surface area contributed by atoms with Gasteiger partial charge in [-0.3, -0.25) is 14.8 Å². The van der Waals surface area contributed by atoms with E-state index in [4.69, 9.17) is 4.98 Å². The van der Waals surface area contributed by atoms with Crippen molar-refractivity contribution in [2.45, 2.75) is 25.7 Å². The molecule has 1 fully saturated rings. The van der Waals surface area contributed by atoms with E-state index in [0.717, 1.165) is 42.2 Å². The molecule has 3 aromatic heterocycles. The van der Waals surface area contributed by atoms with Crippen molar-refractivity contribution >= 4 is 5.91 Å². The number of rotatable bonds is 3. The molecular formula is C19H21N7O. The largest absolute Gasteiger partial charge is 0.337 e. The SMILES string of the molecule is Cc1cnc(C(=O)N2CCC[C@@H](c3cncc(-c4cncn4C)n3)C2)cn1. The van der Waals surface area contributed by atoms with Crippen LogP contribution in [0.25, 0.3) is 11.4 Å². The number of nitrogens with zero attached hydrogens (tertiary/aromatic N) is 7. The Morgan fingerprint density at radius 3 is 2.74 bits per heavy atom.